The minimum absolute atomic E-state index is 0.281. The molecule has 3 aromatic rings. The van der Waals surface area contributed by atoms with Gasteiger partial charge in [0, 0.05) is 5.69 Å². The lowest BCUT2D eigenvalue weighted by Gasteiger charge is -2.13. The number of ether oxygens (including phenoxy) is 1. The molecule has 36 heavy (non-hydrogen) atoms. The molecule has 1 heterocycles. The second-order valence-corrected chi connectivity index (χ2v) is 11.5. The number of halogens is 2. The molecular formula is C27H22I2N2O4S. The number of anilines is 1. The number of nitrogens with zero attached hydrogens (tertiary/aromatic N) is 1. The molecule has 0 aromatic heterocycles. The van der Waals surface area contributed by atoms with E-state index in [2.05, 4.69) is 50.5 Å². The number of carbonyl (C=O) groups is 3. The number of benzene rings is 3. The minimum atomic E-state index is -0.477. The quantitative estimate of drug-likeness (QED) is 0.215. The Bertz CT molecular complexity index is 1350. The van der Waals surface area contributed by atoms with Crippen molar-refractivity contribution >= 4 is 85.8 Å². The molecule has 3 amide bonds. The molecular weight excluding hydrogens is 702 g/mol. The molecule has 1 aliphatic heterocycles. The van der Waals surface area contributed by atoms with E-state index in [0.29, 0.717) is 12.3 Å². The van der Waals surface area contributed by atoms with E-state index in [1.165, 1.54) is 0 Å². The predicted molar refractivity (Wildman–Crippen MR) is 160 cm³/mol. The van der Waals surface area contributed by atoms with Gasteiger partial charge in [-0.1, -0.05) is 36.4 Å². The van der Waals surface area contributed by atoms with Gasteiger partial charge in [-0.3, -0.25) is 19.3 Å². The van der Waals surface area contributed by atoms with Gasteiger partial charge in [-0.15, -0.1) is 0 Å². The van der Waals surface area contributed by atoms with Crippen LogP contribution in [-0.4, -0.2) is 28.5 Å². The van der Waals surface area contributed by atoms with Crippen molar-refractivity contribution in [2.75, 3.05) is 11.9 Å². The fraction of sp³-hybridized carbons (Fsp3) is 0.148. The van der Waals surface area contributed by atoms with Gasteiger partial charge < -0.3 is 10.1 Å². The summed E-state index contributed by atoms with van der Waals surface area (Å²) in [5, 5.41) is 2.29. The van der Waals surface area contributed by atoms with Gasteiger partial charge >= 0.3 is 0 Å². The van der Waals surface area contributed by atoms with Crippen LogP contribution in [0.15, 0.2) is 65.6 Å². The highest BCUT2D eigenvalue weighted by molar-refractivity contribution is 14.1. The van der Waals surface area contributed by atoms with E-state index in [0.717, 1.165) is 51.8 Å². The molecule has 1 aliphatic rings. The maximum atomic E-state index is 12.9. The summed E-state index contributed by atoms with van der Waals surface area (Å²) in [6.45, 7) is 4.06. The molecule has 6 nitrogen and oxygen atoms in total. The Kier molecular flexibility index (Phi) is 8.73. The lowest BCUT2D eigenvalue weighted by molar-refractivity contribution is -0.127. The highest BCUT2D eigenvalue weighted by Gasteiger charge is 2.36. The van der Waals surface area contributed by atoms with Crippen molar-refractivity contribution in [1.82, 2.24) is 4.90 Å². The zero-order chi connectivity index (χ0) is 25.8. The van der Waals surface area contributed by atoms with E-state index in [-0.39, 0.29) is 11.4 Å². The van der Waals surface area contributed by atoms with Gasteiger partial charge in [-0.25, -0.2) is 0 Å². The molecule has 184 valence electrons. The number of imide groups is 1. The molecule has 3 aromatic carbocycles. The van der Waals surface area contributed by atoms with Crippen molar-refractivity contribution in [3.63, 3.8) is 0 Å². The Labute approximate surface area is 241 Å². The zero-order valence-corrected chi connectivity index (χ0v) is 24.6. The molecule has 0 spiro atoms. The van der Waals surface area contributed by atoms with E-state index in [1.54, 1.807) is 12.1 Å². The molecule has 1 fully saturated rings. The zero-order valence-electron chi connectivity index (χ0n) is 19.5. The first-order valence-corrected chi connectivity index (χ1v) is 14.0. The average Bonchev–Trinajstić information content (AvgIpc) is 3.09. The first kappa shape index (κ1) is 26.7. The molecule has 0 saturated carbocycles. The van der Waals surface area contributed by atoms with Crippen LogP contribution in [0.1, 0.15) is 22.3 Å². The van der Waals surface area contributed by atoms with Crippen LogP contribution in [0.4, 0.5) is 10.5 Å². The third-order valence-electron chi connectivity index (χ3n) is 5.51. The van der Waals surface area contributed by atoms with Crippen LogP contribution >= 0.6 is 56.9 Å². The van der Waals surface area contributed by atoms with Crippen molar-refractivity contribution in [3.8, 4) is 5.75 Å². The van der Waals surface area contributed by atoms with Crippen molar-refractivity contribution in [2.45, 2.75) is 20.5 Å². The van der Waals surface area contributed by atoms with Crippen LogP contribution in [0.2, 0.25) is 0 Å². The standard InChI is InChI=1S/C27H22I2N2O4S/c1-16-8-9-20(10-17(16)2)30-24(32)14-31-26(33)23(36-27(31)34)13-19-11-21(28)25(22(29)12-19)35-15-18-6-4-3-5-7-18/h3-13H,14-15H2,1-2H3,(H,30,32)/b23-13+. The van der Waals surface area contributed by atoms with Crippen molar-refractivity contribution in [2.24, 2.45) is 0 Å². The third kappa shape index (κ3) is 6.48. The fourth-order valence-corrected chi connectivity index (χ4v) is 6.45. The van der Waals surface area contributed by atoms with Gasteiger partial charge in [0.2, 0.25) is 5.91 Å². The maximum Gasteiger partial charge on any atom is 0.294 e. The Hall–Kier alpha value is -2.38. The number of amides is 3. The lowest BCUT2D eigenvalue weighted by atomic mass is 10.1. The number of thioether (sulfide) groups is 1. The molecule has 0 radical (unpaired) electrons. The molecule has 1 saturated heterocycles. The minimum Gasteiger partial charge on any atom is -0.487 e. The van der Waals surface area contributed by atoms with Crippen LogP contribution in [-0.2, 0) is 16.2 Å². The summed E-state index contributed by atoms with van der Waals surface area (Å²) in [6, 6.07) is 19.3. The van der Waals surface area contributed by atoms with Crippen LogP contribution in [0.25, 0.3) is 6.08 Å². The van der Waals surface area contributed by atoms with E-state index in [9.17, 15) is 14.4 Å². The maximum absolute atomic E-state index is 12.9. The number of rotatable bonds is 7. The summed E-state index contributed by atoms with van der Waals surface area (Å²) in [5.74, 6) is -0.131. The third-order valence-corrected chi connectivity index (χ3v) is 8.02. The predicted octanol–water partition coefficient (Wildman–Crippen LogP) is 6.77. The van der Waals surface area contributed by atoms with Gasteiger partial charge in [0.15, 0.2) is 0 Å². The highest BCUT2D eigenvalue weighted by Crippen LogP contribution is 2.35. The van der Waals surface area contributed by atoms with Crippen LogP contribution in [0, 0.1) is 21.0 Å². The van der Waals surface area contributed by atoms with E-state index < -0.39 is 17.1 Å². The summed E-state index contributed by atoms with van der Waals surface area (Å²) in [4.78, 5) is 39.2. The topological polar surface area (TPSA) is 75.7 Å². The lowest BCUT2D eigenvalue weighted by Crippen LogP contribution is -2.36. The Morgan fingerprint density at radius 1 is 1.00 bits per heavy atom. The van der Waals surface area contributed by atoms with Crippen molar-refractivity contribution < 1.29 is 19.1 Å². The van der Waals surface area contributed by atoms with E-state index in [4.69, 9.17) is 4.74 Å². The summed E-state index contributed by atoms with van der Waals surface area (Å²) in [7, 11) is 0. The molecule has 0 aliphatic carbocycles. The smallest absolute Gasteiger partial charge is 0.294 e. The van der Waals surface area contributed by atoms with Crippen LogP contribution in [0.5, 0.6) is 5.75 Å². The monoisotopic (exact) mass is 724 g/mol. The number of nitrogens with one attached hydrogen (secondary N) is 1. The molecule has 0 unspecified atom stereocenters. The van der Waals surface area contributed by atoms with Crippen LogP contribution < -0.4 is 10.1 Å². The largest absolute Gasteiger partial charge is 0.487 e. The molecule has 0 atom stereocenters. The van der Waals surface area contributed by atoms with Gasteiger partial charge in [-0.05, 0) is 123 Å². The average molecular weight is 724 g/mol. The summed E-state index contributed by atoms with van der Waals surface area (Å²) in [6.07, 6.45) is 1.68. The number of aryl methyl sites for hydroxylation is 2. The Morgan fingerprint density at radius 2 is 1.69 bits per heavy atom. The highest BCUT2D eigenvalue weighted by atomic mass is 127. The summed E-state index contributed by atoms with van der Waals surface area (Å²) >= 11 is 5.24. The molecule has 4 rings (SSSR count). The summed E-state index contributed by atoms with van der Waals surface area (Å²) < 4.78 is 7.82. The molecule has 9 heteroatoms. The second-order valence-electron chi connectivity index (χ2n) is 8.20. The first-order chi connectivity index (χ1) is 17.2. The van der Waals surface area contributed by atoms with Gasteiger partial charge in [0.05, 0.1) is 12.0 Å². The van der Waals surface area contributed by atoms with Crippen LogP contribution in [0.3, 0.4) is 0 Å². The van der Waals surface area contributed by atoms with E-state index >= 15 is 0 Å². The second kappa shape index (κ2) is 11.8. The fourth-order valence-electron chi connectivity index (χ4n) is 3.48. The van der Waals surface area contributed by atoms with Crippen molar-refractivity contribution in [1.29, 1.82) is 0 Å². The Balaban J connectivity index is 1.43. The Morgan fingerprint density at radius 3 is 2.36 bits per heavy atom. The first-order valence-electron chi connectivity index (χ1n) is 11.0. The van der Waals surface area contributed by atoms with Gasteiger partial charge in [-0.2, -0.15) is 0 Å². The van der Waals surface area contributed by atoms with E-state index in [1.807, 2.05) is 68.4 Å². The number of hydrogen-bond donors (Lipinski definition) is 1. The number of carbonyl (C=O) groups excluding carboxylic acids is 3. The van der Waals surface area contributed by atoms with Crippen molar-refractivity contribution in [3.05, 3.63) is 95.0 Å². The molecule has 1 N–H and O–H groups in total. The SMILES string of the molecule is Cc1ccc(NC(=O)CN2C(=O)S/C(=C/c3cc(I)c(OCc4ccccc4)c(I)c3)C2=O)cc1C. The van der Waals surface area contributed by atoms with Gasteiger partial charge in [0.25, 0.3) is 11.1 Å². The summed E-state index contributed by atoms with van der Waals surface area (Å²) in [5.41, 5.74) is 4.64. The number of hydrogen-bond acceptors (Lipinski definition) is 5. The molecule has 0 bridgehead atoms. The normalized spacial score (nSPS) is 14.4. The van der Waals surface area contributed by atoms with Gasteiger partial charge in [0.1, 0.15) is 18.9 Å².